The number of benzene rings is 1. The Hall–Kier alpha value is -2.69. The quantitative estimate of drug-likeness (QED) is 0.669. The first-order valence-corrected chi connectivity index (χ1v) is 10.3. The van der Waals surface area contributed by atoms with Gasteiger partial charge in [0.05, 0.1) is 22.9 Å². The second-order valence-electron chi connectivity index (χ2n) is 8.84. The van der Waals surface area contributed by atoms with E-state index >= 15 is 0 Å². The molecule has 0 saturated carbocycles. The molecular formula is C21H19N5OS. The summed E-state index contributed by atoms with van der Waals surface area (Å²) in [6, 6.07) is 7.64. The lowest BCUT2D eigenvalue weighted by molar-refractivity contribution is 0.103. The third kappa shape index (κ3) is 1.89. The number of anilines is 1. The molecule has 1 aromatic carbocycles. The fourth-order valence-electron chi connectivity index (χ4n) is 4.83. The molecule has 2 saturated heterocycles. The predicted molar refractivity (Wildman–Crippen MR) is 108 cm³/mol. The number of fused-ring (bicyclic) bond motifs is 4. The van der Waals surface area contributed by atoms with E-state index in [0.717, 1.165) is 64.0 Å². The van der Waals surface area contributed by atoms with Gasteiger partial charge in [-0.15, -0.1) is 0 Å². The lowest BCUT2D eigenvalue weighted by Crippen LogP contribution is -2.71. The van der Waals surface area contributed by atoms with Crippen LogP contribution in [0.3, 0.4) is 0 Å². The molecule has 1 spiro atoms. The molecule has 0 amide bonds. The van der Waals surface area contributed by atoms with Gasteiger partial charge < -0.3 is 15.2 Å². The molecule has 2 aromatic heterocycles. The number of aromatic nitrogens is 2. The van der Waals surface area contributed by atoms with Crippen LogP contribution in [-0.4, -0.2) is 41.9 Å². The number of ketones is 1. The van der Waals surface area contributed by atoms with Crippen molar-refractivity contribution < 1.29 is 4.79 Å². The molecule has 140 valence electrons. The fraction of sp³-hybridized carbons (Fsp3) is 0.381. The maximum Gasteiger partial charge on any atom is 0.207 e. The summed E-state index contributed by atoms with van der Waals surface area (Å²) in [5, 5.41) is 14.4. The van der Waals surface area contributed by atoms with Crippen molar-refractivity contribution in [1.29, 1.82) is 5.26 Å². The maximum absolute atomic E-state index is 13.4. The number of carbonyl (C=O) groups is 1. The van der Waals surface area contributed by atoms with E-state index in [1.807, 2.05) is 12.1 Å². The highest BCUT2D eigenvalue weighted by Gasteiger charge is 2.50. The molecule has 0 atom stereocenters. The van der Waals surface area contributed by atoms with Crippen molar-refractivity contribution in [3.63, 3.8) is 0 Å². The second-order valence-corrected chi connectivity index (χ2v) is 9.81. The van der Waals surface area contributed by atoms with E-state index in [4.69, 9.17) is 4.98 Å². The number of thiazole rings is 1. The predicted octanol–water partition coefficient (Wildman–Crippen LogP) is 2.78. The lowest BCUT2D eigenvalue weighted by atomic mass is 9.75. The number of hydrogen-bond acceptors (Lipinski definition) is 6. The van der Waals surface area contributed by atoms with Gasteiger partial charge in [-0.25, -0.2) is 4.98 Å². The Balaban J connectivity index is 1.46. The molecule has 2 N–H and O–H groups in total. The molecule has 3 aliphatic rings. The molecule has 3 aromatic rings. The topological polar surface area (TPSA) is 84.8 Å². The largest absolute Gasteiger partial charge is 0.357 e. The summed E-state index contributed by atoms with van der Waals surface area (Å²) >= 11 is 1.53. The van der Waals surface area contributed by atoms with Gasteiger partial charge in [0, 0.05) is 53.6 Å². The molecule has 0 unspecified atom stereocenters. The van der Waals surface area contributed by atoms with Crippen LogP contribution < -0.4 is 10.2 Å². The number of nitrogens with zero attached hydrogens (tertiary/aromatic N) is 3. The SMILES string of the molecule is CC1(C)c2nc(N3CC4(CNC4)C3)sc2C(=O)c2c1[nH]c1cc(C#N)ccc21. The molecule has 2 fully saturated rings. The average molecular weight is 389 g/mol. The molecule has 0 radical (unpaired) electrons. The van der Waals surface area contributed by atoms with Crippen molar-refractivity contribution in [2.75, 3.05) is 31.1 Å². The maximum atomic E-state index is 13.4. The second kappa shape index (κ2) is 5.02. The fourth-order valence-corrected chi connectivity index (χ4v) is 6.00. The first-order valence-electron chi connectivity index (χ1n) is 9.50. The number of carbonyl (C=O) groups excluding carboxylic acids is 1. The number of nitrogens with one attached hydrogen (secondary N) is 2. The summed E-state index contributed by atoms with van der Waals surface area (Å²) in [5.74, 6) is 0.0459. The van der Waals surface area contributed by atoms with E-state index in [9.17, 15) is 10.1 Å². The van der Waals surface area contributed by atoms with Crippen LogP contribution in [0.4, 0.5) is 5.13 Å². The minimum absolute atomic E-state index is 0.0459. The molecule has 6 rings (SSSR count). The summed E-state index contributed by atoms with van der Waals surface area (Å²) in [6.07, 6.45) is 0. The highest BCUT2D eigenvalue weighted by molar-refractivity contribution is 7.18. The molecule has 6 nitrogen and oxygen atoms in total. The first kappa shape index (κ1) is 16.3. The molecule has 4 heterocycles. The first-order chi connectivity index (χ1) is 13.4. The van der Waals surface area contributed by atoms with Crippen LogP contribution in [0.1, 0.15) is 46.0 Å². The summed E-state index contributed by atoms with van der Waals surface area (Å²) in [7, 11) is 0. The van der Waals surface area contributed by atoms with Crippen molar-refractivity contribution in [1.82, 2.24) is 15.3 Å². The summed E-state index contributed by atoms with van der Waals surface area (Å²) < 4.78 is 0. The van der Waals surface area contributed by atoms with Gasteiger partial charge in [-0.1, -0.05) is 17.4 Å². The number of aromatic amines is 1. The van der Waals surface area contributed by atoms with E-state index in [1.54, 1.807) is 6.07 Å². The molecule has 2 aliphatic heterocycles. The van der Waals surface area contributed by atoms with Crippen molar-refractivity contribution in [3.05, 3.63) is 45.6 Å². The summed E-state index contributed by atoms with van der Waals surface area (Å²) in [4.78, 5) is 24.8. The Bertz CT molecular complexity index is 1220. The van der Waals surface area contributed by atoms with Gasteiger partial charge in [0.1, 0.15) is 4.88 Å². The van der Waals surface area contributed by atoms with E-state index < -0.39 is 0 Å². The van der Waals surface area contributed by atoms with E-state index in [0.29, 0.717) is 11.0 Å². The van der Waals surface area contributed by atoms with E-state index in [1.165, 1.54) is 11.3 Å². The van der Waals surface area contributed by atoms with Gasteiger partial charge in [0.15, 0.2) is 5.13 Å². The monoisotopic (exact) mass is 389 g/mol. The molecule has 28 heavy (non-hydrogen) atoms. The third-order valence-corrected chi connectivity index (χ3v) is 7.63. The minimum Gasteiger partial charge on any atom is -0.357 e. The number of hydrogen-bond donors (Lipinski definition) is 2. The summed E-state index contributed by atoms with van der Waals surface area (Å²) in [6.45, 7) is 8.45. The summed E-state index contributed by atoms with van der Waals surface area (Å²) in [5.41, 5.74) is 3.95. The van der Waals surface area contributed by atoms with Gasteiger partial charge in [0.25, 0.3) is 0 Å². The van der Waals surface area contributed by atoms with Crippen LogP contribution in [0.2, 0.25) is 0 Å². The third-order valence-electron chi connectivity index (χ3n) is 6.52. The number of H-pyrrole nitrogens is 1. The molecule has 7 heteroatoms. The van der Waals surface area contributed by atoms with Crippen LogP contribution in [0, 0.1) is 16.7 Å². The minimum atomic E-state index is -0.389. The number of nitriles is 1. The average Bonchev–Trinajstić information content (AvgIpc) is 3.20. The standard InChI is InChI=1S/C21H19N5OS/c1-20(2)17-14(12-4-3-11(6-22)5-13(12)24-17)15(27)16-18(20)25-19(28-16)26-9-21(10-26)7-23-8-21/h3-5,23-24H,7-10H2,1-2H3. The van der Waals surface area contributed by atoms with Crippen LogP contribution in [0.15, 0.2) is 18.2 Å². The van der Waals surface area contributed by atoms with Crippen molar-refractivity contribution in [2.45, 2.75) is 19.3 Å². The van der Waals surface area contributed by atoms with Crippen LogP contribution in [0.5, 0.6) is 0 Å². The van der Waals surface area contributed by atoms with Crippen LogP contribution >= 0.6 is 11.3 Å². The Morgan fingerprint density at radius 1 is 1.29 bits per heavy atom. The van der Waals surface area contributed by atoms with Gasteiger partial charge in [0.2, 0.25) is 5.78 Å². The Morgan fingerprint density at radius 2 is 2.07 bits per heavy atom. The highest BCUT2D eigenvalue weighted by Crippen LogP contribution is 2.48. The Kier molecular flexibility index (Phi) is 2.92. The van der Waals surface area contributed by atoms with Crippen LogP contribution in [-0.2, 0) is 5.41 Å². The number of rotatable bonds is 1. The molecule has 0 bridgehead atoms. The zero-order valence-electron chi connectivity index (χ0n) is 15.7. The van der Waals surface area contributed by atoms with Crippen molar-refractivity contribution in [2.24, 2.45) is 5.41 Å². The van der Waals surface area contributed by atoms with Gasteiger partial charge in [-0.2, -0.15) is 5.26 Å². The van der Waals surface area contributed by atoms with E-state index in [2.05, 4.69) is 35.1 Å². The van der Waals surface area contributed by atoms with Crippen LogP contribution in [0.25, 0.3) is 10.9 Å². The van der Waals surface area contributed by atoms with Crippen molar-refractivity contribution >= 4 is 33.2 Å². The zero-order chi connectivity index (χ0) is 19.3. The molecular weight excluding hydrogens is 370 g/mol. The Morgan fingerprint density at radius 3 is 2.75 bits per heavy atom. The van der Waals surface area contributed by atoms with Gasteiger partial charge >= 0.3 is 0 Å². The smallest absolute Gasteiger partial charge is 0.207 e. The Labute approximate surface area is 166 Å². The van der Waals surface area contributed by atoms with Gasteiger partial charge in [-0.05, 0) is 26.0 Å². The zero-order valence-corrected chi connectivity index (χ0v) is 16.5. The van der Waals surface area contributed by atoms with Crippen molar-refractivity contribution in [3.8, 4) is 6.07 Å². The lowest BCUT2D eigenvalue weighted by Gasteiger charge is -2.56. The highest BCUT2D eigenvalue weighted by atomic mass is 32.1. The molecule has 1 aliphatic carbocycles. The van der Waals surface area contributed by atoms with E-state index in [-0.39, 0.29) is 11.2 Å². The van der Waals surface area contributed by atoms with Gasteiger partial charge in [-0.3, -0.25) is 4.79 Å². The normalized spacial score (nSPS) is 21.0.